The summed E-state index contributed by atoms with van der Waals surface area (Å²) in [4.78, 5) is 0. The average Bonchev–Trinajstić information content (AvgIpc) is 2.88. The summed E-state index contributed by atoms with van der Waals surface area (Å²) in [6, 6.07) is 18.8. The van der Waals surface area contributed by atoms with E-state index in [1.807, 2.05) is 5.30 Å². The molecule has 8 bridgehead atoms. The van der Waals surface area contributed by atoms with Crippen molar-refractivity contribution in [3.63, 3.8) is 0 Å². The highest BCUT2D eigenvalue weighted by atomic mass is 31.2. The smallest absolute Gasteiger partial charge is 0.103 e. The number of anilines is 1. The van der Waals surface area contributed by atoms with E-state index in [-0.39, 0.29) is 0 Å². The van der Waals surface area contributed by atoms with Crippen molar-refractivity contribution in [3.8, 4) is 11.1 Å². The largest absolute Gasteiger partial charge is 0.398 e. The zero-order chi connectivity index (χ0) is 25.5. The van der Waals surface area contributed by atoms with Gasteiger partial charge in [-0.2, -0.15) is 0 Å². The molecule has 0 spiro atoms. The maximum atomic E-state index is 6.79. The molecule has 2 N–H and O–H groups in total. The molecule has 0 saturated heterocycles. The molecule has 0 heterocycles. The molecular formula is C36H49NP+. The lowest BCUT2D eigenvalue weighted by atomic mass is 9.55. The van der Waals surface area contributed by atoms with Crippen molar-refractivity contribution < 1.29 is 0 Å². The lowest BCUT2D eigenvalue weighted by Gasteiger charge is -2.68. The van der Waals surface area contributed by atoms with Crippen molar-refractivity contribution >= 4 is 18.3 Å². The van der Waals surface area contributed by atoms with Gasteiger partial charge in [0.2, 0.25) is 0 Å². The van der Waals surface area contributed by atoms with E-state index in [0.717, 1.165) is 41.2 Å². The van der Waals surface area contributed by atoms with Gasteiger partial charge in [-0.3, -0.25) is 0 Å². The second kappa shape index (κ2) is 8.83. The molecule has 0 amide bonds. The lowest BCUT2D eigenvalue weighted by molar-refractivity contribution is 0.0167. The lowest BCUT2D eigenvalue weighted by Crippen LogP contribution is -2.62. The third-order valence-electron chi connectivity index (χ3n) is 13.0. The minimum atomic E-state index is -1.54. The number of benzene rings is 2. The van der Waals surface area contributed by atoms with Gasteiger partial charge in [-0.25, -0.2) is 0 Å². The molecule has 0 atom stereocenters. The predicted octanol–water partition coefficient (Wildman–Crippen LogP) is 9.32. The number of rotatable bonds is 7. The Bertz CT molecular complexity index is 1100. The molecule has 0 aliphatic heterocycles. The maximum Gasteiger partial charge on any atom is 0.103 e. The first-order chi connectivity index (χ1) is 18.5. The van der Waals surface area contributed by atoms with Crippen LogP contribution in [0.5, 0.6) is 0 Å². The number of nitrogen functional groups attached to an aromatic ring is 1. The molecule has 8 aliphatic rings. The molecule has 202 valence electrons. The van der Waals surface area contributed by atoms with E-state index in [1.165, 1.54) is 30.1 Å². The highest BCUT2D eigenvalue weighted by molar-refractivity contribution is 7.86. The van der Waals surface area contributed by atoms with Crippen molar-refractivity contribution in [2.24, 2.45) is 35.5 Å². The minimum absolute atomic E-state index is 0.599. The molecule has 0 radical (unpaired) electrons. The topological polar surface area (TPSA) is 26.0 Å². The average molecular weight is 527 g/mol. The quantitative estimate of drug-likeness (QED) is 0.282. The van der Waals surface area contributed by atoms with Crippen molar-refractivity contribution in [1.29, 1.82) is 0 Å². The first kappa shape index (κ1) is 24.5. The number of hydrogen-bond donors (Lipinski definition) is 1. The third-order valence-corrected chi connectivity index (χ3v) is 19.6. The maximum absolute atomic E-state index is 6.79. The van der Waals surface area contributed by atoms with Crippen LogP contribution in [0.2, 0.25) is 0 Å². The summed E-state index contributed by atoms with van der Waals surface area (Å²) in [5.41, 5.74) is 10.6. The van der Waals surface area contributed by atoms with Crippen LogP contribution in [0.4, 0.5) is 5.69 Å². The summed E-state index contributed by atoms with van der Waals surface area (Å²) < 4.78 is 0. The van der Waals surface area contributed by atoms with Crippen LogP contribution in [-0.2, 0) is 0 Å². The van der Waals surface area contributed by atoms with E-state index in [9.17, 15) is 0 Å². The van der Waals surface area contributed by atoms with Crippen LogP contribution in [-0.4, -0.2) is 16.5 Å². The van der Waals surface area contributed by atoms with Gasteiger partial charge in [-0.05, 0) is 131 Å². The highest BCUT2D eigenvalue weighted by Crippen LogP contribution is 2.89. The van der Waals surface area contributed by atoms with Crippen LogP contribution in [0.25, 0.3) is 11.1 Å². The summed E-state index contributed by atoms with van der Waals surface area (Å²) in [5.74, 6) is 6.11. The molecule has 1 nitrogen and oxygen atoms in total. The SMILES string of the molecule is CCCC[P+](c1ccccc1-c1ccccc1N)(C12CC3CC(CC(C3)C1)C2)C12CC3CC(CC(C3)C1)C2. The Morgan fingerprint density at radius 1 is 0.632 bits per heavy atom. The van der Waals surface area contributed by atoms with Crippen molar-refractivity contribution in [3.05, 3.63) is 48.5 Å². The fourth-order valence-corrected chi connectivity index (χ4v) is 21.2. The Balaban J connectivity index is 1.41. The van der Waals surface area contributed by atoms with Gasteiger partial charge in [0.05, 0.1) is 23.7 Å². The first-order valence-electron chi connectivity index (χ1n) is 16.4. The first-order valence-corrected chi connectivity index (χ1v) is 18.3. The van der Waals surface area contributed by atoms with E-state index >= 15 is 0 Å². The highest BCUT2D eigenvalue weighted by Gasteiger charge is 2.76. The molecule has 2 aromatic rings. The van der Waals surface area contributed by atoms with Crippen LogP contribution in [0.1, 0.15) is 96.8 Å². The Hall–Kier alpha value is -1.33. The van der Waals surface area contributed by atoms with Gasteiger partial charge in [0.25, 0.3) is 0 Å². The Morgan fingerprint density at radius 3 is 1.50 bits per heavy atom. The number of para-hydroxylation sites is 1. The van der Waals surface area contributed by atoms with Crippen LogP contribution in [0.15, 0.2) is 48.5 Å². The Kier molecular flexibility index (Phi) is 5.69. The molecule has 8 fully saturated rings. The fraction of sp³-hybridized carbons (Fsp3) is 0.667. The van der Waals surface area contributed by atoms with Crippen LogP contribution >= 0.6 is 7.26 Å². The predicted molar refractivity (Wildman–Crippen MR) is 164 cm³/mol. The standard InChI is InChI=1S/C36H49NP/c1-2-3-12-38(35-19-25-13-26(20-35)15-27(14-25)21-35,36-22-28-16-29(23-36)18-30(17-28)24-36)34-11-7-5-9-32(34)31-8-4-6-10-33(31)37/h4-11,25-30H,2-3,12-24,37H2,1H3/q+1. The molecule has 0 unspecified atom stereocenters. The molecule has 38 heavy (non-hydrogen) atoms. The van der Waals surface area contributed by atoms with E-state index in [1.54, 1.807) is 77.0 Å². The third kappa shape index (κ3) is 3.39. The van der Waals surface area contributed by atoms with Gasteiger partial charge in [0.15, 0.2) is 0 Å². The molecule has 0 aromatic heterocycles. The van der Waals surface area contributed by atoms with Crippen molar-refractivity contribution in [1.82, 2.24) is 0 Å². The van der Waals surface area contributed by atoms with Crippen LogP contribution in [0, 0.1) is 35.5 Å². The Labute approximate surface area is 232 Å². The molecule has 10 rings (SSSR count). The van der Waals surface area contributed by atoms with Crippen LogP contribution in [0.3, 0.4) is 0 Å². The second-order valence-corrected chi connectivity index (χ2v) is 19.7. The van der Waals surface area contributed by atoms with Crippen molar-refractivity contribution in [2.45, 2.75) is 107 Å². The number of hydrogen-bond acceptors (Lipinski definition) is 1. The van der Waals surface area contributed by atoms with Gasteiger partial charge in [-0.15, -0.1) is 0 Å². The van der Waals surface area contributed by atoms with Crippen LogP contribution < -0.4 is 11.0 Å². The van der Waals surface area contributed by atoms with Crippen molar-refractivity contribution in [2.75, 3.05) is 11.9 Å². The molecule has 8 saturated carbocycles. The normalized spacial score (nSPS) is 41.9. The van der Waals surface area contributed by atoms with Gasteiger partial charge < -0.3 is 5.73 Å². The summed E-state index contributed by atoms with van der Waals surface area (Å²) in [7, 11) is -1.54. The van der Waals surface area contributed by atoms with E-state index < -0.39 is 7.26 Å². The molecule has 8 aliphatic carbocycles. The zero-order valence-corrected chi connectivity index (χ0v) is 24.6. The van der Waals surface area contributed by atoms with E-state index in [0.29, 0.717) is 10.3 Å². The monoisotopic (exact) mass is 526 g/mol. The molecule has 2 aromatic carbocycles. The van der Waals surface area contributed by atoms with Gasteiger partial charge >= 0.3 is 0 Å². The summed E-state index contributed by atoms with van der Waals surface area (Å²) in [6.45, 7) is 2.47. The van der Waals surface area contributed by atoms with Gasteiger partial charge in [0, 0.05) is 16.8 Å². The summed E-state index contributed by atoms with van der Waals surface area (Å²) in [6.07, 6.45) is 23.0. The van der Waals surface area contributed by atoms with E-state index in [4.69, 9.17) is 5.73 Å². The fourth-order valence-electron chi connectivity index (χ4n) is 12.8. The molecule has 2 heteroatoms. The molecular weight excluding hydrogens is 477 g/mol. The van der Waals surface area contributed by atoms with E-state index in [2.05, 4.69) is 55.5 Å². The minimum Gasteiger partial charge on any atom is -0.398 e. The second-order valence-electron chi connectivity index (χ2n) is 15.3. The number of unbranched alkanes of at least 4 members (excludes halogenated alkanes) is 1. The Morgan fingerprint density at radius 2 is 1.05 bits per heavy atom. The number of nitrogens with two attached hydrogens (primary N) is 1. The van der Waals surface area contributed by atoms with Gasteiger partial charge in [0.1, 0.15) is 5.30 Å². The summed E-state index contributed by atoms with van der Waals surface area (Å²) >= 11 is 0. The summed E-state index contributed by atoms with van der Waals surface area (Å²) in [5, 5.41) is 3.04. The van der Waals surface area contributed by atoms with Gasteiger partial charge in [-0.1, -0.05) is 49.7 Å². The zero-order valence-electron chi connectivity index (χ0n) is 23.7.